The minimum absolute atomic E-state index is 0.586. The van der Waals surface area contributed by atoms with Crippen LogP contribution in [0.2, 0.25) is 5.32 Å². The van der Waals surface area contributed by atoms with Crippen LogP contribution in [-0.2, 0) is 0 Å². The first-order chi connectivity index (χ1) is 4.93. The first-order valence-electron chi connectivity index (χ1n) is 3.17. The Hall–Kier alpha value is 0.0295. The van der Waals surface area contributed by atoms with Crippen molar-refractivity contribution in [1.29, 1.82) is 0 Å². The van der Waals surface area contributed by atoms with Crippen LogP contribution in [0.5, 0.6) is 0 Å². The van der Waals surface area contributed by atoms with Gasteiger partial charge in [-0.05, 0) is 0 Å². The Balaban J connectivity index is 2.43. The van der Waals surface area contributed by atoms with Gasteiger partial charge in [0.15, 0.2) is 0 Å². The summed E-state index contributed by atoms with van der Waals surface area (Å²) in [6, 6.07) is 10.5. The van der Waals surface area contributed by atoms with Gasteiger partial charge < -0.3 is 0 Å². The summed E-state index contributed by atoms with van der Waals surface area (Å²) >= 11 is 6.15. The van der Waals surface area contributed by atoms with Gasteiger partial charge in [0.05, 0.1) is 0 Å². The second-order valence-corrected chi connectivity index (χ2v) is 4.68. The Kier molecular flexibility index (Phi) is 3.89. The van der Waals surface area contributed by atoms with E-state index in [-0.39, 0.29) is 0 Å². The van der Waals surface area contributed by atoms with Crippen molar-refractivity contribution < 1.29 is 0 Å². The van der Waals surface area contributed by atoms with Crippen LogP contribution < -0.4 is 4.46 Å². The molecule has 0 saturated heterocycles. The Morgan fingerprint density at radius 3 is 2.50 bits per heavy atom. The van der Waals surface area contributed by atoms with Gasteiger partial charge >= 0.3 is 72.6 Å². The van der Waals surface area contributed by atoms with Crippen molar-refractivity contribution in [3.63, 3.8) is 0 Å². The van der Waals surface area contributed by atoms with E-state index in [1.165, 1.54) is 4.46 Å². The molecule has 0 heterocycles. The van der Waals surface area contributed by atoms with Crippen molar-refractivity contribution in [2.45, 2.75) is 5.32 Å². The van der Waals surface area contributed by atoms with E-state index in [1.807, 2.05) is 6.07 Å². The van der Waals surface area contributed by atoms with Crippen molar-refractivity contribution >= 4 is 31.0 Å². The number of rotatable bonds is 3. The van der Waals surface area contributed by atoms with E-state index >= 15 is 0 Å². The monoisotopic (exact) mass is 220 g/mol. The summed E-state index contributed by atoms with van der Waals surface area (Å²) in [5, 5.41) is 1.14. The molecule has 0 N–H and O–H groups in total. The zero-order valence-electron chi connectivity index (χ0n) is 5.59. The van der Waals surface area contributed by atoms with Gasteiger partial charge in [-0.25, -0.2) is 0 Å². The van der Waals surface area contributed by atoms with Gasteiger partial charge in [0.25, 0.3) is 0 Å². The van der Waals surface area contributed by atoms with Gasteiger partial charge in [-0.3, -0.25) is 0 Å². The summed E-state index contributed by atoms with van der Waals surface area (Å²) in [5.41, 5.74) is 0. The molecule has 0 amide bonds. The SMILES string of the molecule is ClCC[Se]c1ccccc1. The van der Waals surface area contributed by atoms with Crippen LogP contribution in [0.15, 0.2) is 30.3 Å². The van der Waals surface area contributed by atoms with Crippen molar-refractivity contribution in [2.24, 2.45) is 0 Å². The third kappa shape index (κ3) is 2.74. The second-order valence-electron chi connectivity index (χ2n) is 1.85. The fraction of sp³-hybridized carbons (Fsp3) is 0.250. The molecule has 10 heavy (non-hydrogen) atoms. The van der Waals surface area contributed by atoms with Crippen molar-refractivity contribution in [3.8, 4) is 0 Å². The summed E-state index contributed by atoms with van der Waals surface area (Å²) in [6.07, 6.45) is 0. The summed E-state index contributed by atoms with van der Waals surface area (Å²) in [7, 11) is 0. The topological polar surface area (TPSA) is 0 Å². The number of hydrogen-bond acceptors (Lipinski definition) is 0. The molecule has 0 unspecified atom stereocenters. The van der Waals surface area contributed by atoms with Crippen molar-refractivity contribution in [2.75, 3.05) is 5.88 Å². The zero-order valence-corrected chi connectivity index (χ0v) is 8.06. The first kappa shape index (κ1) is 8.13. The van der Waals surface area contributed by atoms with Gasteiger partial charge in [-0.1, -0.05) is 0 Å². The second kappa shape index (κ2) is 4.79. The average Bonchev–Trinajstić information content (AvgIpc) is 2.03. The third-order valence-electron chi connectivity index (χ3n) is 1.09. The molecule has 0 aromatic heterocycles. The van der Waals surface area contributed by atoms with E-state index in [1.54, 1.807) is 0 Å². The molecule has 0 saturated carbocycles. The number of hydrogen-bond donors (Lipinski definition) is 0. The molecular formula is C8H9ClSe. The number of halogens is 1. The Bertz CT molecular complexity index is 174. The average molecular weight is 220 g/mol. The van der Waals surface area contributed by atoms with Crippen LogP contribution in [0, 0.1) is 0 Å². The quantitative estimate of drug-likeness (QED) is 0.536. The molecule has 0 aliphatic rings. The van der Waals surface area contributed by atoms with E-state index in [9.17, 15) is 0 Å². The van der Waals surface area contributed by atoms with Gasteiger partial charge in [0.2, 0.25) is 0 Å². The van der Waals surface area contributed by atoms with Crippen LogP contribution in [0.1, 0.15) is 0 Å². The molecule has 0 radical (unpaired) electrons. The Morgan fingerprint density at radius 1 is 1.20 bits per heavy atom. The standard InChI is InChI=1S/C8H9ClSe/c9-6-7-10-8-4-2-1-3-5-8/h1-5H,6-7H2. The fourth-order valence-electron chi connectivity index (χ4n) is 0.673. The molecular weight excluding hydrogens is 211 g/mol. The minimum atomic E-state index is 0.586. The normalized spacial score (nSPS) is 9.70. The van der Waals surface area contributed by atoms with Crippen LogP contribution in [0.25, 0.3) is 0 Å². The van der Waals surface area contributed by atoms with E-state index in [0.717, 1.165) is 11.2 Å². The Labute approximate surface area is 72.7 Å². The number of alkyl halides is 1. The van der Waals surface area contributed by atoms with Crippen LogP contribution in [0.4, 0.5) is 0 Å². The maximum atomic E-state index is 5.57. The molecule has 0 spiro atoms. The fourth-order valence-corrected chi connectivity index (χ4v) is 2.46. The van der Waals surface area contributed by atoms with Crippen molar-refractivity contribution in [3.05, 3.63) is 30.3 Å². The summed E-state index contributed by atoms with van der Waals surface area (Å²) in [6.45, 7) is 0. The van der Waals surface area contributed by atoms with Gasteiger partial charge in [0.1, 0.15) is 0 Å². The molecule has 1 aromatic rings. The van der Waals surface area contributed by atoms with Gasteiger partial charge in [-0.2, -0.15) is 0 Å². The number of benzene rings is 1. The summed E-state index contributed by atoms with van der Waals surface area (Å²) < 4.78 is 1.44. The van der Waals surface area contributed by atoms with E-state index in [0.29, 0.717) is 15.0 Å². The molecule has 0 nitrogen and oxygen atoms in total. The van der Waals surface area contributed by atoms with E-state index in [4.69, 9.17) is 11.6 Å². The van der Waals surface area contributed by atoms with Crippen LogP contribution >= 0.6 is 11.6 Å². The molecule has 54 valence electrons. The van der Waals surface area contributed by atoms with E-state index < -0.39 is 0 Å². The molecule has 0 atom stereocenters. The van der Waals surface area contributed by atoms with Crippen molar-refractivity contribution in [1.82, 2.24) is 0 Å². The zero-order chi connectivity index (χ0) is 7.23. The molecule has 0 aliphatic carbocycles. The first-order valence-corrected chi connectivity index (χ1v) is 5.77. The third-order valence-corrected chi connectivity index (χ3v) is 3.91. The molecule has 0 aliphatic heterocycles. The predicted molar refractivity (Wildman–Crippen MR) is 47.4 cm³/mol. The van der Waals surface area contributed by atoms with Crippen LogP contribution in [-0.4, -0.2) is 20.8 Å². The predicted octanol–water partition coefficient (Wildman–Crippen LogP) is 1.67. The summed E-state index contributed by atoms with van der Waals surface area (Å²) in [5.74, 6) is 0.787. The summed E-state index contributed by atoms with van der Waals surface area (Å²) in [4.78, 5) is 0. The maximum absolute atomic E-state index is 5.57. The Morgan fingerprint density at radius 2 is 1.90 bits per heavy atom. The van der Waals surface area contributed by atoms with Gasteiger partial charge in [0, 0.05) is 0 Å². The molecule has 1 rings (SSSR count). The molecule has 1 aromatic carbocycles. The van der Waals surface area contributed by atoms with E-state index in [2.05, 4.69) is 24.3 Å². The molecule has 0 bridgehead atoms. The van der Waals surface area contributed by atoms with Gasteiger partial charge in [-0.15, -0.1) is 0 Å². The van der Waals surface area contributed by atoms with Crippen LogP contribution in [0.3, 0.4) is 0 Å². The molecule has 0 fully saturated rings. The molecule has 2 heteroatoms.